The van der Waals surface area contributed by atoms with Crippen LogP contribution in [0, 0.1) is 23.2 Å². The highest BCUT2D eigenvalue weighted by Crippen LogP contribution is 2.58. The SMILES string of the molecule is N#Cc1cccc(CNc2ncc(-c3nnc(N4CC5C(C4)C5c4cn[nH]n4)o3)cn2)c1. The maximum atomic E-state index is 9.00. The minimum atomic E-state index is 0.391. The second-order valence-electron chi connectivity index (χ2n) is 8.00. The van der Waals surface area contributed by atoms with E-state index in [1.807, 2.05) is 18.2 Å². The third-order valence-electron chi connectivity index (χ3n) is 6.06. The summed E-state index contributed by atoms with van der Waals surface area (Å²) in [5, 5.41) is 31.3. The molecule has 2 aliphatic rings. The predicted octanol–water partition coefficient (Wildman–Crippen LogP) is 1.98. The lowest BCUT2D eigenvalue weighted by atomic mass is 10.1. The summed E-state index contributed by atoms with van der Waals surface area (Å²) >= 11 is 0. The Kier molecular flexibility index (Phi) is 4.28. The van der Waals surface area contributed by atoms with E-state index in [0.29, 0.717) is 53.3 Å². The molecule has 2 atom stereocenters. The molecule has 6 rings (SSSR count). The molecule has 3 aromatic heterocycles. The fraction of sp³-hybridized carbons (Fsp3) is 0.286. The Morgan fingerprint density at radius 1 is 1.16 bits per heavy atom. The van der Waals surface area contributed by atoms with Crippen molar-refractivity contribution in [2.75, 3.05) is 23.3 Å². The summed E-state index contributed by atoms with van der Waals surface area (Å²) < 4.78 is 5.88. The van der Waals surface area contributed by atoms with Crippen LogP contribution in [-0.2, 0) is 6.54 Å². The Bertz CT molecular complexity index is 1260. The smallest absolute Gasteiger partial charge is 0.318 e. The average Bonchev–Trinajstić information content (AvgIpc) is 3.38. The van der Waals surface area contributed by atoms with E-state index in [4.69, 9.17) is 9.68 Å². The van der Waals surface area contributed by atoms with E-state index >= 15 is 0 Å². The number of H-pyrrole nitrogens is 1. The standard InChI is InChI=1S/C21H18N10O/c22-5-12-2-1-3-13(4-12)6-23-20-24-7-14(8-25-20)19-28-29-21(32-19)31-10-15-16(11-31)18(15)17-9-26-30-27-17/h1-4,7-9,15-16,18H,6,10-11H2,(H,23,24,25)(H,26,27,30). The zero-order valence-electron chi connectivity index (χ0n) is 16.9. The first-order chi connectivity index (χ1) is 15.8. The van der Waals surface area contributed by atoms with E-state index < -0.39 is 0 Å². The normalized spacial score (nSPS) is 21.2. The summed E-state index contributed by atoms with van der Waals surface area (Å²) in [6.07, 6.45) is 5.11. The van der Waals surface area contributed by atoms with E-state index in [0.717, 1.165) is 24.3 Å². The zero-order valence-corrected chi connectivity index (χ0v) is 16.9. The van der Waals surface area contributed by atoms with Crippen molar-refractivity contribution in [1.82, 2.24) is 35.6 Å². The molecule has 0 radical (unpaired) electrons. The van der Waals surface area contributed by atoms with Gasteiger partial charge in [-0.05, 0) is 29.5 Å². The van der Waals surface area contributed by atoms with Gasteiger partial charge in [0, 0.05) is 37.9 Å². The molecule has 11 heteroatoms. The second kappa shape index (κ2) is 7.42. The Morgan fingerprint density at radius 2 is 2.00 bits per heavy atom. The Labute approximate surface area is 182 Å². The van der Waals surface area contributed by atoms with Gasteiger partial charge in [-0.25, -0.2) is 9.97 Å². The average molecular weight is 426 g/mol. The number of aromatic nitrogens is 7. The molecule has 32 heavy (non-hydrogen) atoms. The lowest BCUT2D eigenvalue weighted by molar-refractivity contribution is 0.543. The van der Waals surface area contributed by atoms with Crippen molar-refractivity contribution in [3.63, 3.8) is 0 Å². The minimum Gasteiger partial charge on any atom is -0.403 e. The lowest BCUT2D eigenvalue weighted by Gasteiger charge is -2.15. The molecule has 4 aromatic rings. The predicted molar refractivity (Wildman–Crippen MR) is 112 cm³/mol. The number of rotatable bonds is 6. The maximum Gasteiger partial charge on any atom is 0.318 e. The molecule has 2 unspecified atom stereocenters. The molecule has 4 heterocycles. The van der Waals surface area contributed by atoms with Gasteiger partial charge in [-0.2, -0.15) is 20.7 Å². The molecule has 1 saturated heterocycles. The third-order valence-corrected chi connectivity index (χ3v) is 6.06. The topological polar surface area (TPSA) is 145 Å². The highest BCUT2D eigenvalue weighted by molar-refractivity contribution is 5.52. The largest absolute Gasteiger partial charge is 0.403 e. The highest BCUT2D eigenvalue weighted by Gasteiger charge is 2.58. The minimum absolute atomic E-state index is 0.391. The molecule has 1 aromatic carbocycles. The van der Waals surface area contributed by atoms with Crippen LogP contribution in [0.3, 0.4) is 0 Å². The van der Waals surface area contributed by atoms with E-state index in [2.05, 4.69) is 51.9 Å². The monoisotopic (exact) mass is 426 g/mol. The van der Waals surface area contributed by atoms with Crippen LogP contribution in [0.4, 0.5) is 12.0 Å². The van der Waals surface area contributed by atoms with Gasteiger partial charge >= 0.3 is 6.01 Å². The van der Waals surface area contributed by atoms with Gasteiger partial charge in [0.05, 0.1) is 29.1 Å². The number of fused-ring (bicyclic) bond motifs is 1. The van der Waals surface area contributed by atoms with Crippen LogP contribution in [-0.4, -0.2) is 48.7 Å². The van der Waals surface area contributed by atoms with Crippen LogP contribution in [0.25, 0.3) is 11.5 Å². The Hall–Kier alpha value is -4.33. The van der Waals surface area contributed by atoms with Crippen molar-refractivity contribution in [1.29, 1.82) is 5.26 Å². The molecular formula is C21H18N10O. The molecular weight excluding hydrogens is 408 g/mol. The van der Waals surface area contributed by atoms with Crippen LogP contribution >= 0.6 is 0 Å². The summed E-state index contributed by atoms with van der Waals surface area (Å²) in [5.41, 5.74) is 3.30. The summed E-state index contributed by atoms with van der Waals surface area (Å²) in [4.78, 5) is 10.8. The first kappa shape index (κ1) is 18.4. The van der Waals surface area contributed by atoms with Crippen LogP contribution in [0.2, 0.25) is 0 Å². The second-order valence-corrected chi connectivity index (χ2v) is 8.00. The van der Waals surface area contributed by atoms with Crippen LogP contribution in [0.1, 0.15) is 22.7 Å². The number of nitrogens with one attached hydrogen (secondary N) is 2. The molecule has 0 amide bonds. The highest BCUT2D eigenvalue weighted by atomic mass is 16.4. The van der Waals surface area contributed by atoms with E-state index in [9.17, 15) is 0 Å². The molecule has 0 spiro atoms. The quantitative estimate of drug-likeness (QED) is 0.469. The summed E-state index contributed by atoms with van der Waals surface area (Å²) in [6, 6.07) is 10.1. The number of anilines is 2. The van der Waals surface area contributed by atoms with E-state index in [1.54, 1.807) is 24.7 Å². The fourth-order valence-corrected chi connectivity index (χ4v) is 4.41. The van der Waals surface area contributed by atoms with Gasteiger partial charge in [-0.1, -0.05) is 17.2 Å². The van der Waals surface area contributed by atoms with Crippen LogP contribution in [0.15, 0.2) is 47.3 Å². The maximum absolute atomic E-state index is 9.00. The van der Waals surface area contributed by atoms with Gasteiger partial charge in [0.2, 0.25) is 5.95 Å². The van der Waals surface area contributed by atoms with Crippen molar-refractivity contribution in [3.8, 4) is 17.5 Å². The molecule has 158 valence electrons. The summed E-state index contributed by atoms with van der Waals surface area (Å²) in [6.45, 7) is 2.26. The van der Waals surface area contributed by atoms with E-state index in [1.165, 1.54) is 0 Å². The van der Waals surface area contributed by atoms with Gasteiger partial charge in [0.25, 0.3) is 5.89 Å². The first-order valence-electron chi connectivity index (χ1n) is 10.3. The van der Waals surface area contributed by atoms with Crippen LogP contribution < -0.4 is 10.2 Å². The number of hydrogen-bond donors (Lipinski definition) is 2. The number of aromatic amines is 1. The summed E-state index contributed by atoms with van der Waals surface area (Å²) in [7, 11) is 0. The number of hydrogen-bond acceptors (Lipinski definition) is 10. The molecule has 1 aliphatic heterocycles. The zero-order chi connectivity index (χ0) is 21.5. The van der Waals surface area contributed by atoms with Crippen molar-refractivity contribution in [2.24, 2.45) is 11.8 Å². The molecule has 1 aliphatic carbocycles. The van der Waals surface area contributed by atoms with Gasteiger partial charge in [-0.15, -0.1) is 5.10 Å². The summed E-state index contributed by atoms with van der Waals surface area (Å²) in [5.74, 6) is 2.45. The van der Waals surface area contributed by atoms with Crippen molar-refractivity contribution in [2.45, 2.75) is 12.5 Å². The molecule has 11 nitrogen and oxygen atoms in total. The number of piperidine rings is 1. The van der Waals surface area contributed by atoms with Gasteiger partial charge in [0.15, 0.2) is 0 Å². The van der Waals surface area contributed by atoms with Crippen molar-refractivity contribution >= 4 is 12.0 Å². The Morgan fingerprint density at radius 3 is 2.75 bits per heavy atom. The van der Waals surface area contributed by atoms with Gasteiger partial charge in [0.1, 0.15) is 0 Å². The fourth-order valence-electron chi connectivity index (χ4n) is 4.41. The Balaban J connectivity index is 1.07. The molecule has 0 bridgehead atoms. The first-order valence-corrected chi connectivity index (χ1v) is 10.3. The van der Waals surface area contributed by atoms with Crippen LogP contribution in [0.5, 0.6) is 0 Å². The molecule has 1 saturated carbocycles. The van der Waals surface area contributed by atoms with Gasteiger partial charge in [-0.3, -0.25) is 0 Å². The molecule has 2 fully saturated rings. The van der Waals surface area contributed by atoms with Gasteiger partial charge < -0.3 is 14.6 Å². The van der Waals surface area contributed by atoms with E-state index in [-0.39, 0.29) is 0 Å². The van der Waals surface area contributed by atoms with Crippen molar-refractivity contribution < 1.29 is 4.42 Å². The molecule has 2 N–H and O–H groups in total. The number of benzene rings is 1. The third kappa shape index (κ3) is 3.31. The number of nitriles is 1. The number of nitrogens with zero attached hydrogens (tertiary/aromatic N) is 8. The lowest BCUT2D eigenvalue weighted by Crippen LogP contribution is -2.23. The van der Waals surface area contributed by atoms with Crippen molar-refractivity contribution in [3.05, 3.63) is 59.7 Å².